The molecule has 70 valence electrons. The average molecular weight is 181 g/mol. The molecule has 0 saturated heterocycles. The number of hydrogen-bond donors (Lipinski definition) is 3. The summed E-state index contributed by atoms with van der Waals surface area (Å²) < 4.78 is 12.7. The Morgan fingerprint density at radius 1 is 1.62 bits per heavy atom. The van der Waals surface area contributed by atoms with Gasteiger partial charge in [0.05, 0.1) is 5.56 Å². The lowest BCUT2D eigenvalue weighted by Gasteiger charge is -2.07. The topological polar surface area (TPSA) is 61.9 Å². The summed E-state index contributed by atoms with van der Waals surface area (Å²) in [7, 11) is 1.68. The first-order valence-electron chi connectivity index (χ1n) is 3.94. The SMILES string of the molecule is CNc1ccc(CN)cc1C(=N)F. The Kier molecular flexibility index (Phi) is 2.97. The van der Waals surface area contributed by atoms with Gasteiger partial charge in [0.1, 0.15) is 0 Å². The van der Waals surface area contributed by atoms with Crippen LogP contribution in [0.5, 0.6) is 0 Å². The molecular formula is C9H12FN3. The third-order valence-corrected chi connectivity index (χ3v) is 1.83. The van der Waals surface area contributed by atoms with Gasteiger partial charge >= 0.3 is 0 Å². The molecule has 0 radical (unpaired) electrons. The van der Waals surface area contributed by atoms with E-state index in [4.69, 9.17) is 11.1 Å². The van der Waals surface area contributed by atoms with E-state index < -0.39 is 5.97 Å². The van der Waals surface area contributed by atoms with Gasteiger partial charge in [-0.3, -0.25) is 5.41 Å². The Morgan fingerprint density at radius 3 is 2.77 bits per heavy atom. The molecule has 13 heavy (non-hydrogen) atoms. The van der Waals surface area contributed by atoms with Gasteiger partial charge in [-0.15, -0.1) is 0 Å². The van der Waals surface area contributed by atoms with E-state index >= 15 is 0 Å². The Bertz CT molecular complexity index is 323. The second-order valence-electron chi connectivity index (χ2n) is 2.65. The molecule has 4 heteroatoms. The van der Waals surface area contributed by atoms with Crippen molar-refractivity contribution in [3.8, 4) is 0 Å². The van der Waals surface area contributed by atoms with Crippen LogP contribution in [0, 0.1) is 5.41 Å². The van der Waals surface area contributed by atoms with E-state index in [1.165, 1.54) is 0 Å². The predicted octanol–water partition coefficient (Wildman–Crippen LogP) is 1.48. The standard InChI is InChI=1S/C9H12FN3/c1-13-8-3-2-6(5-11)4-7(8)9(10)12/h2-4,12-13H,5,11H2,1H3. The summed E-state index contributed by atoms with van der Waals surface area (Å²) in [4.78, 5) is 0. The average Bonchev–Trinajstić information content (AvgIpc) is 2.16. The number of rotatable bonds is 3. The summed E-state index contributed by atoms with van der Waals surface area (Å²) in [6.45, 7) is 0.351. The van der Waals surface area contributed by atoms with Gasteiger partial charge in [0.2, 0.25) is 5.97 Å². The van der Waals surface area contributed by atoms with Crippen molar-refractivity contribution in [2.24, 2.45) is 5.73 Å². The molecular weight excluding hydrogens is 169 g/mol. The first kappa shape index (κ1) is 9.67. The van der Waals surface area contributed by atoms with Crippen LogP contribution in [-0.4, -0.2) is 13.0 Å². The van der Waals surface area contributed by atoms with Crippen molar-refractivity contribution < 1.29 is 4.39 Å². The molecule has 0 aliphatic heterocycles. The maximum atomic E-state index is 12.7. The molecule has 1 aromatic carbocycles. The zero-order valence-corrected chi connectivity index (χ0v) is 7.39. The smallest absolute Gasteiger partial charge is 0.214 e. The molecule has 0 saturated carbocycles. The van der Waals surface area contributed by atoms with Crippen LogP contribution in [0.4, 0.5) is 10.1 Å². The summed E-state index contributed by atoms with van der Waals surface area (Å²) in [5.74, 6) is -0.945. The second-order valence-corrected chi connectivity index (χ2v) is 2.65. The van der Waals surface area contributed by atoms with Crippen molar-refractivity contribution in [1.82, 2.24) is 0 Å². The highest BCUT2D eigenvalue weighted by Crippen LogP contribution is 2.17. The molecule has 0 bridgehead atoms. The Hall–Kier alpha value is -1.42. The van der Waals surface area contributed by atoms with E-state index in [1.807, 2.05) is 0 Å². The fourth-order valence-electron chi connectivity index (χ4n) is 1.12. The number of nitrogens with one attached hydrogen (secondary N) is 2. The first-order chi connectivity index (χ1) is 6.19. The summed E-state index contributed by atoms with van der Waals surface area (Å²) in [5, 5.41) is 9.71. The number of nitrogens with two attached hydrogens (primary N) is 1. The third kappa shape index (κ3) is 2.03. The minimum atomic E-state index is -0.945. The molecule has 0 fully saturated rings. The van der Waals surface area contributed by atoms with Gasteiger partial charge in [0.25, 0.3) is 0 Å². The normalized spacial score (nSPS) is 9.77. The zero-order valence-electron chi connectivity index (χ0n) is 7.39. The molecule has 3 nitrogen and oxygen atoms in total. The second kappa shape index (κ2) is 4.00. The van der Waals surface area contributed by atoms with Crippen LogP contribution >= 0.6 is 0 Å². The van der Waals surface area contributed by atoms with Crippen molar-refractivity contribution in [1.29, 1.82) is 5.41 Å². The van der Waals surface area contributed by atoms with Crippen LogP contribution < -0.4 is 11.1 Å². The van der Waals surface area contributed by atoms with Gasteiger partial charge in [0.15, 0.2) is 0 Å². The van der Waals surface area contributed by atoms with Crippen molar-refractivity contribution >= 4 is 11.7 Å². The molecule has 4 N–H and O–H groups in total. The maximum Gasteiger partial charge on any atom is 0.214 e. The molecule has 0 unspecified atom stereocenters. The van der Waals surface area contributed by atoms with Crippen LogP contribution in [0.15, 0.2) is 18.2 Å². The predicted molar refractivity (Wildman–Crippen MR) is 51.8 cm³/mol. The summed E-state index contributed by atoms with van der Waals surface area (Å²) in [6.07, 6.45) is 0. The summed E-state index contributed by atoms with van der Waals surface area (Å²) >= 11 is 0. The van der Waals surface area contributed by atoms with Crippen LogP contribution in [0.1, 0.15) is 11.1 Å². The number of anilines is 1. The van der Waals surface area contributed by atoms with E-state index in [0.29, 0.717) is 12.2 Å². The fourth-order valence-corrected chi connectivity index (χ4v) is 1.12. The van der Waals surface area contributed by atoms with E-state index in [1.54, 1.807) is 25.2 Å². The van der Waals surface area contributed by atoms with Crippen molar-refractivity contribution in [2.45, 2.75) is 6.54 Å². The molecule has 0 spiro atoms. The molecule has 1 rings (SSSR count). The molecule has 0 aliphatic rings. The van der Waals surface area contributed by atoms with Gasteiger partial charge in [0, 0.05) is 19.3 Å². The van der Waals surface area contributed by atoms with Gasteiger partial charge in [-0.25, -0.2) is 0 Å². The van der Waals surface area contributed by atoms with Crippen molar-refractivity contribution in [3.63, 3.8) is 0 Å². The maximum absolute atomic E-state index is 12.7. The highest BCUT2D eigenvalue weighted by molar-refractivity contribution is 5.96. The zero-order chi connectivity index (χ0) is 9.84. The van der Waals surface area contributed by atoms with Crippen molar-refractivity contribution in [2.75, 3.05) is 12.4 Å². The van der Waals surface area contributed by atoms with E-state index in [9.17, 15) is 4.39 Å². The lowest BCUT2D eigenvalue weighted by Crippen LogP contribution is -2.03. The molecule has 0 aliphatic carbocycles. The number of halogens is 1. The third-order valence-electron chi connectivity index (χ3n) is 1.83. The van der Waals surface area contributed by atoms with Gasteiger partial charge in [-0.1, -0.05) is 6.07 Å². The summed E-state index contributed by atoms with van der Waals surface area (Å²) in [5.41, 5.74) is 7.07. The van der Waals surface area contributed by atoms with Gasteiger partial charge in [-0.2, -0.15) is 4.39 Å². The van der Waals surface area contributed by atoms with E-state index in [-0.39, 0.29) is 5.56 Å². The number of benzene rings is 1. The van der Waals surface area contributed by atoms with Crippen LogP contribution in [-0.2, 0) is 6.54 Å². The Labute approximate surface area is 76.3 Å². The largest absolute Gasteiger partial charge is 0.388 e. The molecule has 0 heterocycles. The number of hydrogen-bond acceptors (Lipinski definition) is 3. The monoisotopic (exact) mass is 181 g/mol. The van der Waals surface area contributed by atoms with Gasteiger partial charge < -0.3 is 11.1 Å². The molecule has 0 amide bonds. The van der Waals surface area contributed by atoms with Crippen LogP contribution in [0.2, 0.25) is 0 Å². The first-order valence-corrected chi connectivity index (χ1v) is 3.94. The molecule has 0 atom stereocenters. The molecule has 1 aromatic rings. The quantitative estimate of drug-likeness (QED) is 0.618. The Morgan fingerprint density at radius 2 is 2.31 bits per heavy atom. The minimum absolute atomic E-state index is 0.255. The highest BCUT2D eigenvalue weighted by Gasteiger charge is 2.06. The van der Waals surface area contributed by atoms with Crippen molar-refractivity contribution in [3.05, 3.63) is 29.3 Å². The van der Waals surface area contributed by atoms with Gasteiger partial charge in [-0.05, 0) is 17.7 Å². The molecule has 0 aromatic heterocycles. The van der Waals surface area contributed by atoms with E-state index in [0.717, 1.165) is 5.56 Å². The fraction of sp³-hybridized carbons (Fsp3) is 0.222. The Balaban J connectivity index is 3.18. The van der Waals surface area contributed by atoms with Crippen LogP contribution in [0.3, 0.4) is 0 Å². The van der Waals surface area contributed by atoms with Crippen LogP contribution in [0.25, 0.3) is 0 Å². The minimum Gasteiger partial charge on any atom is -0.388 e. The summed E-state index contributed by atoms with van der Waals surface area (Å²) in [6, 6.07) is 5.10. The highest BCUT2D eigenvalue weighted by atomic mass is 19.1. The van der Waals surface area contributed by atoms with E-state index in [2.05, 4.69) is 5.32 Å². The lowest BCUT2D eigenvalue weighted by atomic mass is 10.1. The lowest BCUT2D eigenvalue weighted by molar-refractivity contribution is 0.797.